The Morgan fingerprint density at radius 3 is 2.17 bits per heavy atom. The summed E-state index contributed by atoms with van der Waals surface area (Å²) in [5.41, 5.74) is 2.33. The quantitative estimate of drug-likeness (QED) is 0.800. The van der Waals surface area contributed by atoms with Crippen molar-refractivity contribution in [3.05, 3.63) is 48.2 Å². The monoisotopic (exact) mass is 327 g/mol. The van der Waals surface area contributed by atoms with Crippen molar-refractivity contribution in [2.45, 2.75) is 46.1 Å². The van der Waals surface area contributed by atoms with Crippen LogP contribution in [0.15, 0.2) is 42.6 Å². The lowest BCUT2D eigenvalue weighted by Gasteiger charge is -2.19. The van der Waals surface area contributed by atoms with E-state index in [1.807, 2.05) is 39.0 Å². The average molecular weight is 327 g/mol. The van der Waals surface area contributed by atoms with Crippen molar-refractivity contribution in [3.8, 4) is 0 Å². The molecule has 1 aromatic heterocycles. The molecule has 2 rings (SSSR count). The van der Waals surface area contributed by atoms with Crippen LogP contribution in [0.5, 0.6) is 0 Å². The van der Waals surface area contributed by atoms with Crippen LogP contribution in [0, 0.1) is 0 Å². The Morgan fingerprint density at radius 1 is 1.04 bits per heavy atom. The number of aromatic nitrogens is 1. The lowest BCUT2D eigenvalue weighted by molar-refractivity contribution is 0.0636. The van der Waals surface area contributed by atoms with E-state index in [0.29, 0.717) is 17.4 Å². The number of amides is 1. The molecule has 2 N–H and O–H groups in total. The first-order valence-corrected chi connectivity index (χ1v) is 8.06. The number of hydrogen-bond donors (Lipinski definition) is 2. The number of nitrogens with zero attached hydrogens (tertiary/aromatic N) is 1. The molecule has 2 aromatic rings. The van der Waals surface area contributed by atoms with E-state index in [-0.39, 0.29) is 0 Å². The van der Waals surface area contributed by atoms with Crippen molar-refractivity contribution in [1.82, 2.24) is 4.98 Å². The standard InChI is InChI=1S/C19H25N3O2/c1-13(2)14-6-8-15(9-7-14)21-17-11-10-16(12-20-17)22-18(23)24-19(3,4)5/h6-13H,1-5H3,(H,20,21)(H,22,23). The highest BCUT2D eigenvalue weighted by Gasteiger charge is 2.16. The van der Waals surface area contributed by atoms with Crippen molar-refractivity contribution in [2.24, 2.45) is 0 Å². The van der Waals surface area contributed by atoms with Gasteiger partial charge in [-0.1, -0.05) is 26.0 Å². The van der Waals surface area contributed by atoms with Gasteiger partial charge in [-0.25, -0.2) is 9.78 Å². The molecular weight excluding hydrogens is 302 g/mol. The molecule has 0 fully saturated rings. The molecule has 1 amide bonds. The highest BCUT2D eigenvalue weighted by Crippen LogP contribution is 2.20. The predicted molar refractivity (Wildman–Crippen MR) is 97.9 cm³/mol. The maximum atomic E-state index is 11.7. The van der Waals surface area contributed by atoms with Crippen LogP contribution in [0.1, 0.15) is 46.1 Å². The number of rotatable bonds is 4. The first-order chi connectivity index (χ1) is 11.2. The molecule has 0 aliphatic heterocycles. The topological polar surface area (TPSA) is 63.2 Å². The summed E-state index contributed by atoms with van der Waals surface area (Å²) >= 11 is 0. The third kappa shape index (κ3) is 5.57. The average Bonchev–Trinajstić information content (AvgIpc) is 2.48. The third-order valence-corrected chi connectivity index (χ3v) is 3.26. The highest BCUT2D eigenvalue weighted by atomic mass is 16.6. The van der Waals surface area contributed by atoms with Crippen LogP contribution in [-0.4, -0.2) is 16.7 Å². The fourth-order valence-electron chi connectivity index (χ4n) is 2.06. The molecule has 0 radical (unpaired) electrons. The SMILES string of the molecule is CC(C)c1ccc(Nc2ccc(NC(=O)OC(C)(C)C)cn2)cc1. The van der Waals surface area contributed by atoms with Gasteiger partial charge in [0, 0.05) is 5.69 Å². The molecule has 0 bridgehead atoms. The molecule has 0 unspecified atom stereocenters. The number of hydrogen-bond acceptors (Lipinski definition) is 4. The van der Waals surface area contributed by atoms with Crippen molar-refractivity contribution in [1.29, 1.82) is 0 Å². The van der Waals surface area contributed by atoms with Gasteiger partial charge in [-0.2, -0.15) is 0 Å². The Labute approximate surface area is 143 Å². The molecule has 128 valence electrons. The second kappa shape index (κ2) is 7.34. The smallest absolute Gasteiger partial charge is 0.412 e. The Kier molecular flexibility index (Phi) is 5.44. The minimum Gasteiger partial charge on any atom is -0.444 e. The first kappa shape index (κ1) is 17.8. The van der Waals surface area contributed by atoms with Crippen molar-refractivity contribution in [3.63, 3.8) is 0 Å². The van der Waals surface area contributed by atoms with E-state index in [1.54, 1.807) is 12.3 Å². The highest BCUT2D eigenvalue weighted by molar-refractivity contribution is 5.84. The Balaban J connectivity index is 1.95. The molecule has 24 heavy (non-hydrogen) atoms. The number of benzene rings is 1. The molecule has 0 aliphatic carbocycles. The second-order valence-electron chi connectivity index (χ2n) is 6.96. The molecule has 0 aliphatic rings. The van der Waals surface area contributed by atoms with Gasteiger partial charge in [-0.3, -0.25) is 5.32 Å². The summed E-state index contributed by atoms with van der Waals surface area (Å²) in [6.07, 6.45) is 1.10. The van der Waals surface area contributed by atoms with Gasteiger partial charge in [0.1, 0.15) is 11.4 Å². The maximum Gasteiger partial charge on any atom is 0.412 e. The van der Waals surface area contributed by atoms with Crippen LogP contribution in [0.25, 0.3) is 0 Å². The molecule has 0 atom stereocenters. The normalized spacial score (nSPS) is 11.2. The van der Waals surface area contributed by atoms with E-state index in [4.69, 9.17) is 4.74 Å². The number of anilines is 3. The fraction of sp³-hybridized carbons (Fsp3) is 0.368. The van der Waals surface area contributed by atoms with Crippen LogP contribution in [-0.2, 0) is 4.74 Å². The predicted octanol–water partition coefficient (Wildman–Crippen LogP) is 5.30. The molecule has 1 aromatic carbocycles. The number of pyridine rings is 1. The van der Waals surface area contributed by atoms with Crippen molar-refractivity contribution < 1.29 is 9.53 Å². The zero-order valence-corrected chi connectivity index (χ0v) is 14.9. The summed E-state index contributed by atoms with van der Waals surface area (Å²) in [5, 5.41) is 5.89. The minimum atomic E-state index is -0.527. The number of nitrogens with one attached hydrogen (secondary N) is 2. The Morgan fingerprint density at radius 2 is 1.67 bits per heavy atom. The van der Waals surface area contributed by atoms with E-state index in [1.165, 1.54) is 5.56 Å². The van der Waals surface area contributed by atoms with Gasteiger partial charge in [-0.05, 0) is 56.5 Å². The molecule has 0 saturated heterocycles. The Hall–Kier alpha value is -2.56. The van der Waals surface area contributed by atoms with Crippen LogP contribution in [0.4, 0.5) is 22.0 Å². The fourth-order valence-corrected chi connectivity index (χ4v) is 2.06. The Bertz CT molecular complexity index is 671. The molecule has 5 heteroatoms. The summed E-state index contributed by atoms with van der Waals surface area (Å²) in [7, 11) is 0. The molecule has 5 nitrogen and oxygen atoms in total. The van der Waals surface area contributed by atoms with Crippen LogP contribution < -0.4 is 10.6 Å². The summed E-state index contributed by atoms with van der Waals surface area (Å²) in [4.78, 5) is 16.0. The summed E-state index contributed by atoms with van der Waals surface area (Å²) < 4.78 is 5.20. The minimum absolute atomic E-state index is 0.491. The van der Waals surface area contributed by atoms with Crippen LogP contribution >= 0.6 is 0 Å². The van der Waals surface area contributed by atoms with Gasteiger partial charge < -0.3 is 10.1 Å². The van der Waals surface area contributed by atoms with Crippen molar-refractivity contribution in [2.75, 3.05) is 10.6 Å². The molecule has 0 spiro atoms. The van der Waals surface area contributed by atoms with E-state index in [2.05, 4.69) is 41.6 Å². The van der Waals surface area contributed by atoms with E-state index >= 15 is 0 Å². The zero-order chi connectivity index (χ0) is 17.7. The van der Waals surface area contributed by atoms with E-state index in [9.17, 15) is 4.79 Å². The number of ether oxygens (including phenoxy) is 1. The van der Waals surface area contributed by atoms with E-state index in [0.717, 1.165) is 5.69 Å². The van der Waals surface area contributed by atoms with Gasteiger partial charge in [0.15, 0.2) is 0 Å². The first-order valence-electron chi connectivity index (χ1n) is 8.06. The number of carbonyl (C=O) groups is 1. The summed E-state index contributed by atoms with van der Waals surface area (Å²) in [6, 6.07) is 11.9. The summed E-state index contributed by atoms with van der Waals surface area (Å²) in [6.45, 7) is 9.80. The zero-order valence-electron chi connectivity index (χ0n) is 14.9. The largest absolute Gasteiger partial charge is 0.444 e. The third-order valence-electron chi connectivity index (χ3n) is 3.26. The summed E-state index contributed by atoms with van der Waals surface area (Å²) in [5.74, 6) is 1.22. The van der Waals surface area contributed by atoms with Gasteiger partial charge >= 0.3 is 6.09 Å². The van der Waals surface area contributed by atoms with Gasteiger partial charge in [0.25, 0.3) is 0 Å². The molecule has 0 saturated carbocycles. The van der Waals surface area contributed by atoms with Gasteiger partial charge in [0.2, 0.25) is 0 Å². The van der Waals surface area contributed by atoms with Crippen molar-refractivity contribution >= 4 is 23.3 Å². The molecule has 1 heterocycles. The van der Waals surface area contributed by atoms with Gasteiger partial charge in [-0.15, -0.1) is 0 Å². The van der Waals surface area contributed by atoms with Crippen LogP contribution in [0.2, 0.25) is 0 Å². The second-order valence-corrected chi connectivity index (χ2v) is 6.96. The maximum absolute atomic E-state index is 11.7. The lowest BCUT2D eigenvalue weighted by Crippen LogP contribution is -2.27. The number of carbonyl (C=O) groups excluding carboxylic acids is 1. The molecular formula is C19H25N3O2. The lowest BCUT2D eigenvalue weighted by atomic mass is 10.0. The van der Waals surface area contributed by atoms with Gasteiger partial charge in [0.05, 0.1) is 11.9 Å². The van der Waals surface area contributed by atoms with E-state index < -0.39 is 11.7 Å². The van der Waals surface area contributed by atoms with Crippen LogP contribution in [0.3, 0.4) is 0 Å².